The smallest absolute Gasteiger partial charge is 0.146 e. The second kappa shape index (κ2) is 97.8. The summed E-state index contributed by atoms with van der Waals surface area (Å²) in [6.07, 6.45) is 18.9. The minimum Gasteiger partial charge on any atom is -0.396 e. The van der Waals surface area contributed by atoms with Gasteiger partial charge in [0, 0.05) is 56.5 Å². The number of hydrogen-bond donors (Lipinski definition) is 8. The van der Waals surface area contributed by atoms with Crippen molar-refractivity contribution in [3.8, 4) is 49.4 Å². The Morgan fingerprint density at radius 2 is 0.605 bits per heavy atom. The van der Waals surface area contributed by atoms with Gasteiger partial charge in [-0.2, -0.15) is 47.0 Å². The molecule has 0 saturated carbocycles. The fourth-order valence-electron chi connectivity index (χ4n) is 5.06. The van der Waals surface area contributed by atoms with Crippen LogP contribution in [0, 0.1) is 49.4 Å². The number of ether oxygens (including phenoxy) is 12. The Morgan fingerprint density at radius 1 is 0.326 bits per heavy atom. The molecule has 0 rings (SSSR count). The Morgan fingerprint density at radius 3 is 0.919 bits per heavy atom. The topological polar surface area (TPSA) is 273 Å². The molecule has 0 aromatic rings. The lowest BCUT2D eigenvalue weighted by Gasteiger charge is -2.24. The average molecular weight is 1390 g/mol. The molecule has 0 aliphatic rings. The third-order valence-corrected chi connectivity index (χ3v) is 16.1. The van der Waals surface area contributed by atoms with Gasteiger partial charge < -0.3 is 95.5 Å². The molecule has 0 aromatic carbocycles. The first-order valence-electron chi connectivity index (χ1n) is 25.1. The molecule has 28 heteroatoms. The average Bonchev–Trinajstić information content (AvgIpc) is 3.52. The predicted octanol–water partition coefficient (Wildman–Crippen LogP) is 9.05. The first-order chi connectivity index (χ1) is 40.3. The fourth-order valence-corrected chi connectivity index (χ4v) is 10.6. The highest BCUT2D eigenvalue weighted by molar-refractivity contribution is 8.03. The van der Waals surface area contributed by atoms with E-state index < -0.39 is 12.2 Å². The van der Waals surface area contributed by atoms with Crippen LogP contribution in [0.4, 0.5) is 0 Å². The monoisotopic (exact) mass is 1380 g/mol. The molecule has 0 amide bonds. The molecule has 512 valence electrons. The molecule has 0 aromatic heterocycles. The van der Waals surface area contributed by atoms with Crippen LogP contribution in [0.5, 0.6) is 0 Å². The molecular weight excluding hydrogens is 1270 g/mol. The maximum atomic E-state index is 9.47. The molecule has 20 nitrogen and oxygen atoms in total. The molecule has 0 aliphatic carbocycles. The minimum absolute atomic E-state index is 0. The van der Waals surface area contributed by atoms with Gasteiger partial charge in [0.05, 0.1) is 116 Å². The van der Waals surface area contributed by atoms with Gasteiger partial charge in [-0.05, 0) is 48.2 Å². The number of hydrogen-bond acceptors (Lipinski definition) is 28. The van der Waals surface area contributed by atoms with E-state index in [1.54, 1.807) is 47.0 Å². The van der Waals surface area contributed by atoms with E-state index in [4.69, 9.17) is 102 Å². The summed E-state index contributed by atoms with van der Waals surface area (Å²) in [4.78, 5) is 0. The number of aliphatic hydroxyl groups is 4. The van der Waals surface area contributed by atoms with E-state index >= 15 is 0 Å². The molecule has 8 N–H and O–H groups in total. The quantitative estimate of drug-likeness (QED) is 0.00927. The van der Waals surface area contributed by atoms with Crippen molar-refractivity contribution < 1.29 is 95.5 Å². The molecule has 86 heavy (non-hydrogen) atoms. The third kappa shape index (κ3) is 81.2. The summed E-state index contributed by atoms with van der Waals surface area (Å²) >= 11 is 8.86. The summed E-state index contributed by atoms with van der Waals surface area (Å²) in [7, 11) is 0. The molecule has 0 bridgehead atoms. The van der Waals surface area contributed by atoms with Gasteiger partial charge in [0.25, 0.3) is 0 Å². The number of terminal acetylenes is 4. The van der Waals surface area contributed by atoms with Crippen LogP contribution in [0.15, 0.2) is 52.6 Å². The fraction of sp³-hybridized carbons (Fsp3) is 0.724. The number of thioether (sulfide) groups is 4. The first kappa shape index (κ1) is 107. The van der Waals surface area contributed by atoms with Crippen LogP contribution in [-0.4, -0.2) is 276 Å². The van der Waals surface area contributed by atoms with Gasteiger partial charge in [-0.15, -0.1) is 78.3 Å². The lowest BCUT2D eigenvalue weighted by Crippen LogP contribution is -2.33. The zero-order valence-electron chi connectivity index (χ0n) is 47.5. The van der Waals surface area contributed by atoms with E-state index in [-0.39, 0.29) is 207 Å². The van der Waals surface area contributed by atoms with Crippen LogP contribution < -0.4 is 0 Å². The summed E-state index contributed by atoms with van der Waals surface area (Å²) in [5, 5.41) is 36.4. The largest absolute Gasteiger partial charge is 0.396 e. The van der Waals surface area contributed by atoms with E-state index in [2.05, 4.69) is 76.3 Å². The summed E-state index contributed by atoms with van der Waals surface area (Å²) in [6, 6.07) is 0. The summed E-state index contributed by atoms with van der Waals surface area (Å²) in [6.45, 7) is 27.8. The van der Waals surface area contributed by atoms with Crippen molar-refractivity contribution >= 4 is 95.2 Å². The zero-order valence-corrected chi connectivity index (χ0v) is 54.1. The molecule has 0 aliphatic heterocycles. The zero-order chi connectivity index (χ0) is 62.8. The van der Waals surface area contributed by atoms with E-state index in [0.717, 1.165) is 11.5 Å². The number of aliphatic hydroxyl groups excluding tert-OH is 4. The lowest BCUT2D eigenvalue weighted by atomic mass is 10.4. The molecule has 0 heterocycles. The molecule has 8 unspecified atom stereocenters. The second-order valence-corrected chi connectivity index (χ2v) is 22.5. The Kier molecular flexibility index (Phi) is 121. The van der Waals surface area contributed by atoms with E-state index in [0.29, 0.717) is 84.4 Å². The maximum Gasteiger partial charge on any atom is 0.146 e. The van der Waals surface area contributed by atoms with Gasteiger partial charge in [0.2, 0.25) is 0 Å². The Bertz CT molecular complexity index is 1370. The van der Waals surface area contributed by atoms with Crippen molar-refractivity contribution in [2.24, 2.45) is 0 Å². The molecular formula is C58H112O20S8. The van der Waals surface area contributed by atoms with Gasteiger partial charge in [0.1, 0.15) is 64.4 Å². The predicted molar refractivity (Wildman–Crippen MR) is 377 cm³/mol. The minimum atomic E-state index is -0.541. The van der Waals surface area contributed by atoms with Crippen molar-refractivity contribution in [1.82, 2.24) is 0 Å². The van der Waals surface area contributed by atoms with Crippen molar-refractivity contribution in [1.29, 1.82) is 0 Å². The van der Waals surface area contributed by atoms with Gasteiger partial charge in [-0.25, -0.2) is 0 Å². The standard InChI is InChI=1S/C27H56O14S8.C19H24O6.4C2H4.4CH4/c28-1-5-42-17-24(44-7-3-30)13-36-9-22(40-15-25(45-8-4-31)18-43-6-2-29)11-38-21-39-12-23(41-16-27(49-35)20-47-33)10-37-14-26(48-34)19-46-32;1-5-9-20-13-18(24-11-7-3)15-22-17-23-16-19(25-12-8-4)14-21-10-6-2;4*1-2;;;;/h22-35H,1-21H2;1-4,18-19H,9-17H2;4*1-2H2;4*1H4. The Hall–Kier alpha value is -0.800. The van der Waals surface area contributed by atoms with E-state index in [1.807, 2.05) is 0 Å². The van der Waals surface area contributed by atoms with E-state index in [1.165, 1.54) is 0 Å². The SMILES string of the molecule is C.C.C.C.C#CCOCC(COCOCC(COCC#C)OCC#C)OCC#C.C=C.C=C.C=C.C=C.OCCSCC(COCC(COCOCC(COCC(CSO)SO)OCC(CSO)SO)OCC(CSCCO)SCCO)SCCO. The third-order valence-electron chi connectivity index (χ3n) is 8.37. The van der Waals surface area contributed by atoms with Crippen LogP contribution >= 0.6 is 95.2 Å². The summed E-state index contributed by atoms with van der Waals surface area (Å²) in [5.41, 5.74) is 0. The highest BCUT2D eigenvalue weighted by Crippen LogP contribution is 2.20. The highest BCUT2D eigenvalue weighted by Gasteiger charge is 2.20. The summed E-state index contributed by atoms with van der Waals surface area (Å²) < 4.78 is 104. The second-order valence-electron chi connectivity index (χ2n) is 14.5. The van der Waals surface area contributed by atoms with Crippen LogP contribution in [0.3, 0.4) is 0 Å². The normalized spacial score (nSPS) is 12.7. The summed E-state index contributed by atoms with van der Waals surface area (Å²) in [5.74, 6) is 14.0. The van der Waals surface area contributed by atoms with Crippen molar-refractivity contribution in [2.75, 3.05) is 192 Å². The van der Waals surface area contributed by atoms with Crippen LogP contribution in [-0.2, 0) is 56.8 Å². The molecule has 0 spiro atoms. The number of rotatable bonds is 56. The molecule has 0 radical (unpaired) electrons. The van der Waals surface area contributed by atoms with Crippen molar-refractivity contribution in [3.63, 3.8) is 0 Å². The van der Waals surface area contributed by atoms with Gasteiger partial charge >= 0.3 is 0 Å². The lowest BCUT2D eigenvalue weighted by molar-refractivity contribution is -0.131. The Balaban J connectivity index is -0.000000165. The highest BCUT2D eigenvalue weighted by atomic mass is 32.2. The van der Waals surface area contributed by atoms with Crippen LogP contribution in [0.25, 0.3) is 0 Å². The molecule has 0 saturated heterocycles. The van der Waals surface area contributed by atoms with Gasteiger partial charge in [-0.3, -0.25) is 0 Å². The first-order valence-corrected chi connectivity index (χ1v) is 33.0. The van der Waals surface area contributed by atoms with Crippen molar-refractivity contribution in [3.05, 3.63) is 52.6 Å². The Labute approximate surface area is 555 Å². The van der Waals surface area contributed by atoms with Crippen LogP contribution in [0.1, 0.15) is 29.7 Å². The molecule has 0 fully saturated rings. The maximum absolute atomic E-state index is 9.47. The van der Waals surface area contributed by atoms with Crippen LogP contribution in [0.2, 0.25) is 0 Å². The van der Waals surface area contributed by atoms with Crippen molar-refractivity contribution in [2.45, 2.75) is 75.1 Å². The molecule has 8 atom stereocenters. The van der Waals surface area contributed by atoms with Gasteiger partial charge in [0.15, 0.2) is 0 Å². The van der Waals surface area contributed by atoms with Gasteiger partial charge in [-0.1, -0.05) is 53.4 Å². The van der Waals surface area contributed by atoms with E-state index in [9.17, 15) is 19.3 Å².